The minimum atomic E-state index is -0.245. The zero-order valence-corrected chi connectivity index (χ0v) is 11.6. The number of pyridine rings is 1. The van der Waals surface area contributed by atoms with Gasteiger partial charge in [-0.1, -0.05) is 12.1 Å². The molecule has 1 fully saturated rings. The first-order valence-corrected chi connectivity index (χ1v) is 6.83. The number of hydrogen-bond donors (Lipinski definition) is 1. The van der Waals surface area contributed by atoms with Crippen molar-refractivity contribution in [3.05, 3.63) is 40.5 Å². The summed E-state index contributed by atoms with van der Waals surface area (Å²) in [6.45, 7) is 0. The molecule has 3 rings (SSSR count). The molecule has 1 aromatic heterocycles. The van der Waals surface area contributed by atoms with Crippen molar-refractivity contribution in [2.45, 2.75) is 18.8 Å². The molecule has 1 N–H and O–H groups in total. The zero-order chi connectivity index (χ0) is 13.4. The van der Waals surface area contributed by atoms with Gasteiger partial charge in [0.2, 0.25) is 11.8 Å². The normalized spacial score (nSPS) is 19.5. The van der Waals surface area contributed by atoms with Gasteiger partial charge in [-0.05, 0) is 46.1 Å². The maximum Gasteiger partial charge on any atom is 0.234 e. The number of hydrogen-bond acceptors (Lipinski definition) is 3. The monoisotopic (exact) mass is 318 g/mol. The predicted molar refractivity (Wildman–Crippen MR) is 74.6 cm³/mol. The lowest BCUT2D eigenvalue weighted by molar-refractivity contribution is -0.134. The van der Waals surface area contributed by atoms with Gasteiger partial charge in [0.05, 0.1) is 11.4 Å². The first-order chi connectivity index (χ1) is 9.13. The summed E-state index contributed by atoms with van der Waals surface area (Å²) >= 11 is 3.33. The third-order valence-electron chi connectivity index (χ3n) is 3.32. The van der Waals surface area contributed by atoms with Crippen LogP contribution in [0, 0.1) is 0 Å². The topological polar surface area (TPSA) is 59.1 Å². The van der Waals surface area contributed by atoms with Gasteiger partial charge in [0, 0.05) is 11.8 Å². The molecule has 0 saturated carbocycles. The van der Waals surface area contributed by atoms with Crippen LogP contribution in [0.2, 0.25) is 0 Å². The maximum atomic E-state index is 11.8. The second kappa shape index (κ2) is 4.74. The number of imide groups is 1. The Bertz CT molecular complexity index is 684. The molecule has 0 radical (unpaired) electrons. The van der Waals surface area contributed by atoms with E-state index in [1.54, 1.807) is 0 Å². The van der Waals surface area contributed by atoms with Crippen LogP contribution in [0.1, 0.15) is 24.3 Å². The number of nitrogens with zero attached hydrogens (tertiary/aromatic N) is 1. The van der Waals surface area contributed by atoms with Crippen LogP contribution < -0.4 is 5.32 Å². The SMILES string of the molecule is O=C1CCC(c2ccc3nc(Br)ccc3c2)C(=O)N1. The Morgan fingerprint density at radius 3 is 2.84 bits per heavy atom. The molecule has 0 aliphatic carbocycles. The fraction of sp³-hybridized carbons (Fsp3) is 0.214. The number of piperidine rings is 1. The van der Waals surface area contributed by atoms with Gasteiger partial charge in [0.15, 0.2) is 0 Å². The molecule has 0 spiro atoms. The van der Waals surface area contributed by atoms with E-state index in [1.165, 1.54) is 0 Å². The summed E-state index contributed by atoms with van der Waals surface area (Å²) in [4.78, 5) is 27.3. The van der Waals surface area contributed by atoms with Crippen molar-refractivity contribution in [1.29, 1.82) is 0 Å². The summed E-state index contributed by atoms with van der Waals surface area (Å²) in [6.07, 6.45) is 0.965. The van der Waals surface area contributed by atoms with Crippen LogP contribution >= 0.6 is 15.9 Å². The maximum absolute atomic E-state index is 11.8. The molecule has 2 heterocycles. The highest BCUT2D eigenvalue weighted by Gasteiger charge is 2.27. The van der Waals surface area contributed by atoms with Gasteiger partial charge in [-0.3, -0.25) is 14.9 Å². The fourth-order valence-electron chi connectivity index (χ4n) is 2.35. The molecule has 2 aromatic rings. The summed E-state index contributed by atoms with van der Waals surface area (Å²) in [5.74, 6) is -0.640. The molecule has 4 nitrogen and oxygen atoms in total. The minimum absolute atomic E-state index is 0.187. The second-order valence-corrected chi connectivity index (χ2v) is 5.40. The summed E-state index contributed by atoms with van der Waals surface area (Å²) in [7, 11) is 0. The van der Waals surface area contributed by atoms with Gasteiger partial charge >= 0.3 is 0 Å². The molecule has 19 heavy (non-hydrogen) atoms. The van der Waals surface area contributed by atoms with Crippen molar-refractivity contribution in [2.75, 3.05) is 0 Å². The van der Waals surface area contributed by atoms with Crippen molar-refractivity contribution < 1.29 is 9.59 Å². The summed E-state index contributed by atoms with van der Waals surface area (Å²) < 4.78 is 0.786. The van der Waals surface area contributed by atoms with Crippen LogP contribution in [-0.2, 0) is 9.59 Å². The molecule has 1 aliphatic rings. The Hall–Kier alpha value is -1.75. The molecule has 1 aliphatic heterocycles. The van der Waals surface area contributed by atoms with Crippen LogP contribution in [0.15, 0.2) is 34.9 Å². The first-order valence-electron chi connectivity index (χ1n) is 6.03. The van der Waals surface area contributed by atoms with Crippen LogP contribution in [0.5, 0.6) is 0 Å². The van der Waals surface area contributed by atoms with Gasteiger partial charge in [-0.2, -0.15) is 0 Å². The third kappa shape index (κ3) is 2.38. The van der Waals surface area contributed by atoms with E-state index in [0.717, 1.165) is 21.1 Å². The van der Waals surface area contributed by atoms with Crippen molar-refractivity contribution in [3.8, 4) is 0 Å². The third-order valence-corrected chi connectivity index (χ3v) is 3.76. The van der Waals surface area contributed by atoms with E-state index in [1.807, 2.05) is 30.3 Å². The average molecular weight is 319 g/mol. The van der Waals surface area contributed by atoms with E-state index < -0.39 is 0 Å². The smallest absolute Gasteiger partial charge is 0.234 e. The van der Waals surface area contributed by atoms with Crippen molar-refractivity contribution in [2.24, 2.45) is 0 Å². The second-order valence-electron chi connectivity index (χ2n) is 4.59. The van der Waals surface area contributed by atoms with Gasteiger partial charge in [0.25, 0.3) is 0 Å². The van der Waals surface area contributed by atoms with Crippen molar-refractivity contribution in [1.82, 2.24) is 10.3 Å². The number of amides is 2. The fourth-order valence-corrected chi connectivity index (χ4v) is 2.67. The van der Waals surface area contributed by atoms with E-state index >= 15 is 0 Å². The number of aromatic nitrogens is 1. The number of halogens is 1. The first kappa shape index (κ1) is 12.3. The van der Waals surface area contributed by atoms with E-state index in [2.05, 4.69) is 26.2 Å². The molecule has 1 unspecified atom stereocenters. The lowest BCUT2D eigenvalue weighted by Crippen LogP contribution is -2.39. The standard InChI is InChI=1S/C14H11BrN2O2/c15-12-5-2-9-7-8(1-4-11(9)16-12)10-3-6-13(18)17-14(10)19/h1-2,4-5,7,10H,3,6H2,(H,17,18,19). The number of carbonyl (C=O) groups is 2. The van der Waals surface area contributed by atoms with Crippen LogP contribution in [-0.4, -0.2) is 16.8 Å². The molecule has 96 valence electrons. The summed E-state index contributed by atoms with van der Waals surface area (Å²) in [6, 6.07) is 9.61. The molecule has 5 heteroatoms. The van der Waals surface area contributed by atoms with Gasteiger partial charge in [-0.25, -0.2) is 4.98 Å². The summed E-state index contributed by atoms with van der Waals surface area (Å²) in [5.41, 5.74) is 1.81. The predicted octanol–water partition coefficient (Wildman–Crippen LogP) is 2.52. The highest BCUT2D eigenvalue weighted by molar-refractivity contribution is 9.10. The van der Waals surface area contributed by atoms with E-state index in [9.17, 15) is 9.59 Å². The Labute approximate surface area is 118 Å². The molecule has 1 atom stereocenters. The Balaban J connectivity index is 1.99. The lowest BCUT2D eigenvalue weighted by atomic mass is 9.90. The Morgan fingerprint density at radius 2 is 2.05 bits per heavy atom. The van der Waals surface area contributed by atoms with Crippen LogP contribution in [0.4, 0.5) is 0 Å². The van der Waals surface area contributed by atoms with Gasteiger partial charge < -0.3 is 0 Å². The van der Waals surface area contributed by atoms with Crippen LogP contribution in [0.3, 0.4) is 0 Å². The molecular weight excluding hydrogens is 308 g/mol. The zero-order valence-electron chi connectivity index (χ0n) is 10.0. The number of fused-ring (bicyclic) bond motifs is 1. The average Bonchev–Trinajstić information content (AvgIpc) is 2.38. The molecule has 0 bridgehead atoms. The molecule has 1 aromatic carbocycles. The minimum Gasteiger partial charge on any atom is -0.296 e. The number of nitrogens with one attached hydrogen (secondary N) is 1. The number of benzene rings is 1. The Kier molecular flexibility index (Phi) is 3.06. The quantitative estimate of drug-likeness (QED) is 0.649. The molecular formula is C14H11BrN2O2. The van der Waals surface area contributed by atoms with E-state index in [0.29, 0.717) is 12.8 Å². The van der Waals surface area contributed by atoms with Gasteiger partial charge in [0.1, 0.15) is 4.60 Å². The Morgan fingerprint density at radius 1 is 1.21 bits per heavy atom. The van der Waals surface area contributed by atoms with Crippen molar-refractivity contribution >= 4 is 38.6 Å². The van der Waals surface area contributed by atoms with Gasteiger partial charge in [-0.15, -0.1) is 0 Å². The molecule has 2 amide bonds. The largest absolute Gasteiger partial charge is 0.296 e. The molecule has 1 saturated heterocycles. The highest BCUT2D eigenvalue weighted by atomic mass is 79.9. The van der Waals surface area contributed by atoms with E-state index in [4.69, 9.17) is 0 Å². The lowest BCUT2D eigenvalue weighted by Gasteiger charge is -2.21. The number of carbonyl (C=O) groups excluding carboxylic acids is 2. The van der Waals surface area contributed by atoms with E-state index in [-0.39, 0.29) is 17.7 Å². The summed E-state index contributed by atoms with van der Waals surface area (Å²) in [5, 5.41) is 3.38. The van der Waals surface area contributed by atoms with Crippen LogP contribution in [0.25, 0.3) is 10.9 Å². The number of rotatable bonds is 1. The highest BCUT2D eigenvalue weighted by Crippen LogP contribution is 2.27. The van der Waals surface area contributed by atoms with Crippen molar-refractivity contribution in [3.63, 3.8) is 0 Å².